The topological polar surface area (TPSA) is 65.2 Å². The van der Waals surface area contributed by atoms with Gasteiger partial charge in [0, 0.05) is 6.20 Å². The molecular formula is C7H7ClN2O2. The molecule has 1 amide bonds. The zero-order valence-corrected chi connectivity index (χ0v) is 6.91. The van der Waals surface area contributed by atoms with E-state index in [1.807, 2.05) is 0 Å². The van der Waals surface area contributed by atoms with Gasteiger partial charge in [-0.1, -0.05) is 11.6 Å². The highest BCUT2D eigenvalue weighted by molar-refractivity contribution is 6.30. The van der Waals surface area contributed by atoms with Gasteiger partial charge in [0.2, 0.25) is 0 Å². The molecule has 0 fully saturated rings. The van der Waals surface area contributed by atoms with Crippen LogP contribution in [0.1, 0.15) is 0 Å². The highest BCUT2D eigenvalue weighted by Gasteiger charge is 2.01. The van der Waals surface area contributed by atoms with E-state index in [9.17, 15) is 4.79 Å². The molecule has 0 aliphatic carbocycles. The van der Waals surface area contributed by atoms with Crippen LogP contribution in [-0.2, 0) is 4.79 Å². The van der Waals surface area contributed by atoms with Crippen LogP contribution in [0.5, 0.6) is 5.75 Å². The van der Waals surface area contributed by atoms with Gasteiger partial charge in [-0.25, -0.2) is 4.98 Å². The summed E-state index contributed by atoms with van der Waals surface area (Å²) in [5.41, 5.74) is 4.86. The van der Waals surface area contributed by atoms with Crippen molar-refractivity contribution in [3.63, 3.8) is 0 Å². The number of halogens is 1. The van der Waals surface area contributed by atoms with E-state index in [0.717, 1.165) is 0 Å². The van der Waals surface area contributed by atoms with Crippen LogP contribution in [0.2, 0.25) is 5.15 Å². The SMILES string of the molecule is NC(=O)COc1cccnc1Cl. The molecule has 1 aromatic rings. The second-order valence-electron chi connectivity index (χ2n) is 2.05. The molecule has 0 aliphatic rings. The van der Waals surface area contributed by atoms with E-state index < -0.39 is 5.91 Å². The molecule has 0 unspecified atom stereocenters. The van der Waals surface area contributed by atoms with Gasteiger partial charge in [0.15, 0.2) is 17.5 Å². The summed E-state index contributed by atoms with van der Waals surface area (Å²) in [5.74, 6) is -0.187. The maximum Gasteiger partial charge on any atom is 0.255 e. The van der Waals surface area contributed by atoms with Gasteiger partial charge in [-0.3, -0.25) is 4.79 Å². The summed E-state index contributed by atoms with van der Waals surface area (Å²) in [6.45, 7) is -0.189. The number of amides is 1. The number of aromatic nitrogens is 1. The summed E-state index contributed by atoms with van der Waals surface area (Å²) in [6, 6.07) is 3.26. The number of hydrogen-bond donors (Lipinski definition) is 1. The highest BCUT2D eigenvalue weighted by atomic mass is 35.5. The Labute approximate surface area is 74.3 Å². The maximum absolute atomic E-state index is 10.3. The Kier molecular flexibility index (Phi) is 2.88. The molecular weight excluding hydrogens is 180 g/mol. The zero-order chi connectivity index (χ0) is 8.97. The molecule has 12 heavy (non-hydrogen) atoms. The number of primary amides is 1. The van der Waals surface area contributed by atoms with Crippen molar-refractivity contribution >= 4 is 17.5 Å². The smallest absolute Gasteiger partial charge is 0.255 e. The zero-order valence-electron chi connectivity index (χ0n) is 6.16. The summed E-state index contributed by atoms with van der Waals surface area (Å²) in [7, 11) is 0. The highest BCUT2D eigenvalue weighted by Crippen LogP contribution is 2.19. The van der Waals surface area contributed by atoms with Crippen molar-refractivity contribution in [3.05, 3.63) is 23.5 Å². The minimum absolute atomic E-state index is 0.189. The molecule has 1 heterocycles. The number of ether oxygens (including phenoxy) is 1. The Morgan fingerprint density at radius 1 is 1.75 bits per heavy atom. The van der Waals surface area contributed by atoms with Gasteiger partial charge >= 0.3 is 0 Å². The first-order valence-corrected chi connectivity index (χ1v) is 3.59. The molecule has 0 saturated heterocycles. The van der Waals surface area contributed by atoms with Crippen LogP contribution in [0.3, 0.4) is 0 Å². The molecule has 0 aromatic carbocycles. The number of nitrogens with zero attached hydrogens (tertiary/aromatic N) is 1. The molecule has 5 heteroatoms. The number of hydrogen-bond acceptors (Lipinski definition) is 3. The third-order valence-corrected chi connectivity index (χ3v) is 1.38. The average molecular weight is 187 g/mol. The number of rotatable bonds is 3. The molecule has 0 bridgehead atoms. The first-order valence-electron chi connectivity index (χ1n) is 3.22. The van der Waals surface area contributed by atoms with Gasteiger partial charge in [0.1, 0.15) is 0 Å². The van der Waals surface area contributed by atoms with Crippen molar-refractivity contribution in [1.29, 1.82) is 0 Å². The van der Waals surface area contributed by atoms with Crippen LogP contribution in [0.4, 0.5) is 0 Å². The summed E-state index contributed by atoms with van der Waals surface area (Å²) < 4.78 is 4.93. The van der Waals surface area contributed by atoms with Crippen molar-refractivity contribution in [2.45, 2.75) is 0 Å². The van der Waals surface area contributed by atoms with Gasteiger partial charge in [-0.05, 0) is 12.1 Å². The summed E-state index contributed by atoms with van der Waals surface area (Å²) in [5, 5.41) is 0.221. The fourth-order valence-corrected chi connectivity index (χ4v) is 0.802. The van der Waals surface area contributed by atoms with Crippen molar-refractivity contribution in [3.8, 4) is 5.75 Å². The van der Waals surface area contributed by atoms with Gasteiger partial charge < -0.3 is 10.5 Å². The molecule has 1 aromatic heterocycles. The number of carbonyl (C=O) groups is 1. The van der Waals surface area contributed by atoms with Crippen molar-refractivity contribution < 1.29 is 9.53 Å². The van der Waals surface area contributed by atoms with Crippen LogP contribution in [0.15, 0.2) is 18.3 Å². The first kappa shape index (κ1) is 8.80. The fourth-order valence-electron chi connectivity index (χ4n) is 0.628. The predicted octanol–water partition coefficient (Wildman–Crippen LogP) is 0.599. The number of pyridine rings is 1. The Hall–Kier alpha value is -1.29. The first-order chi connectivity index (χ1) is 5.70. The number of carbonyl (C=O) groups excluding carboxylic acids is 1. The number of nitrogens with two attached hydrogens (primary N) is 1. The van der Waals surface area contributed by atoms with E-state index in [1.165, 1.54) is 6.20 Å². The van der Waals surface area contributed by atoms with E-state index >= 15 is 0 Å². The van der Waals surface area contributed by atoms with Gasteiger partial charge in [-0.2, -0.15) is 0 Å². The van der Waals surface area contributed by atoms with E-state index in [1.54, 1.807) is 12.1 Å². The van der Waals surface area contributed by atoms with E-state index in [4.69, 9.17) is 22.1 Å². The standard InChI is InChI=1S/C7H7ClN2O2/c8-7-5(2-1-3-10-7)12-4-6(9)11/h1-3H,4H2,(H2,9,11). The lowest BCUT2D eigenvalue weighted by molar-refractivity contribution is -0.119. The van der Waals surface area contributed by atoms with Gasteiger partial charge in [0.05, 0.1) is 0 Å². The normalized spacial score (nSPS) is 9.42. The predicted molar refractivity (Wildman–Crippen MR) is 43.9 cm³/mol. The summed E-state index contributed by atoms with van der Waals surface area (Å²) in [6.07, 6.45) is 1.53. The van der Waals surface area contributed by atoms with Crippen LogP contribution < -0.4 is 10.5 Å². The molecule has 4 nitrogen and oxygen atoms in total. The molecule has 0 saturated carbocycles. The lowest BCUT2D eigenvalue weighted by Crippen LogP contribution is -2.20. The molecule has 0 spiro atoms. The van der Waals surface area contributed by atoms with Gasteiger partial charge in [-0.15, -0.1) is 0 Å². The minimum Gasteiger partial charge on any atom is -0.481 e. The Bertz CT molecular complexity index is 290. The fraction of sp³-hybridized carbons (Fsp3) is 0.143. The summed E-state index contributed by atoms with van der Waals surface area (Å²) in [4.78, 5) is 14.1. The third-order valence-electron chi connectivity index (χ3n) is 1.09. The molecule has 1 rings (SSSR count). The summed E-state index contributed by atoms with van der Waals surface area (Å²) >= 11 is 5.62. The molecule has 0 radical (unpaired) electrons. The second-order valence-corrected chi connectivity index (χ2v) is 2.41. The van der Waals surface area contributed by atoms with E-state index in [0.29, 0.717) is 5.75 Å². The van der Waals surface area contributed by atoms with Crippen LogP contribution in [-0.4, -0.2) is 17.5 Å². The lowest BCUT2D eigenvalue weighted by atomic mass is 10.5. The average Bonchev–Trinajstić information content (AvgIpc) is 2.03. The third kappa shape index (κ3) is 2.39. The quantitative estimate of drug-likeness (QED) is 0.703. The minimum atomic E-state index is -0.546. The molecule has 64 valence electrons. The second kappa shape index (κ2) is 3.92. The van der Waals surface area contributed by atoms with E-state index in [-0.39, 0.29) is 11.8 Å². The monoisotopic (exact) mass is 186 g/mol. The van der Waals surface area contributed by atoms with Crippen molar-refractivity contribution in [2.24, 2.45) is 5.73 Å². The van der Waals surface area contributed by atoms with Gasteiger partial charge in [0.25, 0.3) is 5.91 Å². The maximum atomic E-state index is 10.3. The molecule has 0 aliphatic heterocycles. The molecule has 0 atom stereocenters. The van der Waals surface area contributed by atoms with Crippen LogP contribution in [0, 0.1) is 0 Å². The Morgan fingerprint density at radius 2 is 2.50 bits per heavy atom. The molecule has 2 N–H and O–H groups in total. The van der Waals surface area contributed by atoms with Crippen molar-refractivity contribution in [1.82, 2.24) is 4.98 Å². The Morgan fingerprint density at radius 3 is 3.08 bits per heavy atom. The largest absolute Gasteiger partial charge is 0.481 e. The van der Waals surface area contributed by atoms with Crippen LogP contribution in [0.25, 0.3) is 0 Å². The van der Waals surface area contributed by atoms with Crippen molar-refractivity contribution in [2.75, 3.05) is 6.61 Å². The Balaban J connectivity index is 2.63. The van der Waals surface area contributed by atoms with Crippen LogP contribution >= 0.6 is 11.6 Å². The van der Waals surface area contributed by atoms with E-state index in [2.05, 4.69) is 4.98 Å². The lowest BCUT2D eigenvalue weighted by Gasteiger charge is -2.03.